The summed E-state index contributed by atoms with van der Waals surface area (Å²) >= 11 is 5.73. The van der Waals surface area contributed by atoms with Gasteiger partial charge in [-0.3, -0.25) is 0 Å². The molecule has 0 spiro atoms. The third kappa shape index (κ3) is 9.70. The fraction of sp³-hybridized carbons (Fsp3) is 0.571. The smallest absolute Gasteiger partial charge is 0.338 e. The third-order valence-corrected chi connectivity index (χ3v) is 2.96. The molecule has 10 nitrogen and oxygen atoms in total. The van der Waals surface area contributed by atoms with Crippen molar-refractivity contribution in [2.75, 3.05) is 52.8 Å². The van der Waals surface area contributed by atoms with Crippen molar-refractivity contribution in [3.63, 3.8) is 0 Å². The van der Waals surface area contributed by atoms with E-state index in [4.69, 9.17) is 41.2 Å². The molecule has 11 heteroatoms. The molecule has 0 unspecified atom stereocenters. The second kappa shape index (κ2) is 13.2. The van der Waals surface area contributed by atoms with E-state index in [2.05, 4.69) is 15.0 Å². The van der Waals surface area contributed by atoms with Crippen LogP contribution in [-0.2, 0) is 14.2 Å². The van der Waals surface area contributed by atoms with Crippen LogP contribution in [0.4, 0.5) is 0 Å². The number of carboxylic acid groups (broad SMARTS) is 1. The van der Waals surface area contributed by atoms with Crippen LogP contribution in [0.25, 0.3) is 10.4 Å². The monoisotopic (exact) mass is 374 g/mol. The molecule has 0 aromatic carbocycles. The number of azide groups is 1. The predicted molar refractivity (Wildman–Crippen MR) is 88.2 cm³/mol. The maximum absolute atomic E-state index is 10.8. The summed E-state index contributed by atoms with van der Waals surface area (Å²) in [5, 5.41) is 12.0. The number of pyridine rings is 1. The number of aromatic nitrogens is 1. The Morgan fingerprint density at radius 3 is 2.28 bits per heavy atom. The van der Waals surface area contributed by atoms with E-state index < -0.39 is 5.97 Å². The molecule has 0 aliphatic heterocycles. The molecule has 0 fully saturated rings. The van der Waals surface area contributed by atoms with Crippen LogP contribution in [0.2, 0.25) is 5.15 Å². The molecule has 0 atom stereocenters. The van der Waals surface area contributed by atoms with Gasteiger partial charge in [-0.25, -0.2) is 9.78 Å². The number of rotatable bonds is 14. The van der Waals surface area contributed by atoms with Gasteiger partial charge in [0, 0.05) is 17.5 Å². The SMILES string of the molecule is [N-]=[N+]=NCCOCCOCCOCCOc1ccc(C(=O)O)c(Cl)n1. The first-order valence-electron chi connectivity index (χ1n) is 7.42. The van der Waals surface area contributed by atoms with Gasteiger partial charge in [0.05, 0.1) is 45.2 Å². The summed E-state index contributed by atoms with van der Waals surface area (Å²) < 4.78 is 21.0. The highest BCUT2D eigenvalue weighted by Crippen LogP contribution is 2.17. The van der Waals surface area contributed by atoms with Crippen LogP contribution in [0.15, 0.2) is 17.2 Å². The average Bonchev–Trinajstić information content (AvgIpc) is 2.58. The minimum absolute atomic E-state index is 0.0795. The molecule has 1 aromatic rings. The number of carbonyl (C=O) groups is 1. The van der Waals surface area contributed by atoms with Crippen molar-refractivity contribution < 1.29 is 28.8 Å². The number of ether oxygens (including phenoxy) is 4. The molecule has 0 aliphatic rings. The van der Waals surface area contributed by atoms with Gasteiger partial charge in [0.2, 0.25) is 5.88 Å². The lowest BCUT2D eigenvalue weighted by Gasteiger charge is -2.08. The zero-order valence-electron chi connectivity index (χ0n) is 13.5. The van der Waals surface area contributed by atoms with E-state index in [0.717, 1.165) is 0 Å². The van der Waals surface area contributed by atoms with Gasteiger partial charge in [0.1, 0.15) is 11.8 Å². The van der Waals surface area contributed by atoms with Crippen LogP contribution in [-0.4, -0.2) is 68.9 Å². The van der Waals surface area contributed by atoms with Crippen LogP contribution in [0.1, 0.15) is 10.4 Å². The standard InChI is InChI=1S/C14H19ClN4O6/c15-13-11(14(20)21)1-2-12(18-13)25-10-9-24-8-7-23-6-5-22-4-3-17-19-16/h1-2H,3-10H2,(H,20,21). The first-order chi connectivity index (χ1) is 12.1. The number of carboxylic acids is 1. The topological polar surface area (TPSA) is 136 Å². The van der Waals surface area contributed by atoms with Gasteiger partial charge in [0.15, 0.2) is 0 Å². The summed E-state index contributed by atoms with van der Waals surface area (Å²) in [4.78, 5) is 17.2. The van der Waals surface area contributed by atoms with Gasteiger partial charge >= 0.3 is 5.97 Å². The van der Waals surface area contributed by atoms with Crippen molar-refractivity contribution in [2.45, 2.75) is 0 Å². The van der Waals surface area contributed by atoms with E-state index >= 15 is 0 Å². The molecular weight excluding hydrogens is 356 g/mol. The molecule has 1 heterocycles. The van der Waals surface area contributed by atoms with Crippen LogP contribution < -0.4 is 4.74 Å². The Hall–Kier alpha value is -2.10. The zero-order chi connectivity index (χ0) is 18.3. The highest BCUT2D eigenvalue weighted by molar-refractivity contribution is 6.32. The number of nitrogens with zero attached hydrogens (tertiary/aromatic N) is 4. The van der Waals surface area contributed by atoms with E-state index in [1.54, 1.807) is 0 Å². The lowest BCUT2D eigenvalue weighted by atomic mass is 10.3. The highest BCUT2D eigenvalue weighted by Gasteiger charge is 2.10. The lowest BCUT2D eigenvalue weighted by molar-refractivity contribution is 0.0103. The summed E-state index contributed by atoms with van der Waals surface area (Å²) in [6.45, 7) is 2.90. The van der Waals surface area contributed by atoms with Gasteiger partial charge in [0.25, 0.3) is 0 Å². The van der Waals surface area contributed by atoms with E-state index in [0.29, 0.717) is 46.2 Å². The maximum Gasteiger partial charge on any atom is 0.338 e. The molecule has 1 N–H and O–H groups in total. The van der Waals surface area contributed by atoms with Crippen molar-refractivity contribution in [1.29, 1.82) is 0 Å². The summed E-state index contributed by atoms with van der Waals surface area (Å²) in [5.41, 5.74) is 7.98. The highest BCUT2D eigenvalue weighted by atomic mass is 35.5. The molecule has 0 saturated heterocycles. The van der Waals surface area contributed by atoms with Crippen molar-refractivity contribution in [1.82, 2.24) is 4.98 Å². The molecule has 0 saturated carbocycles. The van der Waals surface area contributed by atoms with Gasteiger partial charge in [-0.2, -0.15) is 0 Å². The Morgan fingerprint density at radius 2 is 1.72 bits per heavy atom. The van der Waals surface area contributed by atoms with E-state index in [9.17, 15) is 4.79 Å². The average molecular weight is 375 g/mol. The molecule has 25 heavy (non-hydrogen) atoms. The van der Waals surface area contributed by atoms with Crippen molar-refractivity contribution in [3.05, 3.63) is 33.3 Å². The fourth-order valence-corrected chi connectivity index (χ4v) is 1.78. The summed E-state index contributed by atoms with van der Waals surface area (Å²) in [6.07, 6.45) is 0. The molecule has 0 bridgehead atoms. The zero-order valence-corrected chi connectivity index (χ0v) is 14.2. The Balaban J connectivity index is 1.97. The lowest BCUT2D eigenvalue weighted by Crippen LogP contribution is -2.13. The van der Waals surface area contributed by atoms with Crippen molar-refractivity contribution in [2.24, 2.45) is 5.11 Å². The number of hydrogen-bond acceptors (Lipinski definition) is 7. The first kappa shape index (κ1) is 20.9. The Kier molecular flexibility index (Phi) is 11.1. The van der Waals surface area contributed by atoms with Gasteiger partial charge in [-0.05, 0) is 11.6 Å². The fourth-order valence-electron chi connectivity index (χ4n) is 1.55. The molecule has 0 amide bonds. The second-order valence-electron chi connectivity index (χ2n) is 4.43. The number of aromatic carboxylic acids is 1. The maximum atomic E-state index is 10.8. The van der Waals surface area contributed by atoms with Crippen molar-refractivity contribution >= 4 is 17.6 Å². The minimum Gasteiger partial charge on any atom is -0.478 e. The minimum atomic E-state index is -1.14. The van der Waals surface area contributed by atoms with Crippen LogP contribution in [0.3, 0.4) is 0 Å². The van der Waals surface area contributed by atoms with Crippen LogP contribution in [0.5, 0.6) is 5.88 Å². The summed E-state index contributed by atoms with van der Waals surface area (Å²) in [6, 6.07) is 2.76. The van der Waals surface area contributed by atoms with E-state index in [1.807, 2.05) is 0 Å². The first-order valence-corrected chi connectivity index (χ1v) is 7.79. The quantitative estimate of drug-likeness (QED) is 0.173. The van der Waals surface area contributed by atoms with Crippen LogP contribution >= 0.6 is 11.6 Å². The number of halogens is 1. The van der Waals surface area contributed by atoms with Gasteiger partial charge in [-0.1, -0.05) is 16.7 Å². The van der Waals surface area contributed by atoms with Crippen molar-refractivity contribution in [3.8, 4) is 5.88 Å². The second-order valence-corrected chi connectivity index (χ2v) is 4.79. The van der Waals surface area contributed by atoms with Crippen LogP contribution in [0, 0.1) is 0 Å². The summed E-state index contributed by atoms with van der Waals surface area (Å²) in [5.74, 6) is -0.916. The van der Waals surface area contributed by atoms with E-state index in [1.165, 1.54) is 12.1 Å². The molecule has 0 aliphatic carbocycles. The van der Waals surface area contributed by atoms with Gasteiger partial charge in [-0.15, -0.1) is 0 Å². The van der Waals surface area contributed by atoms with E-state index in [-0.39, 0.29) is 23.2 Å². The van der Waals surface area contributed by atoms with Gasteiger partial charge < -0.3 is 24.1 Å². The number of hydrogen-bond donors (Lipinski definition) is 1. The third-order valence-electron chi connectivity index (χ3n) is 2.67. The summed E-state index contributed by atoms with van der Waals surface area (Å²) in [7, 11) is 0. The Morgan fingerprint density at radius 1 is 1.12 bits per heavy atom. The normalized spacial score (nSPS) is 10.3. The molecular formula is C14H19ClN4O6. The molecule has 1 rings (SSSR count). The Bertz CT molecular complexity index is 582. The molecule has 1 aromatic heterocycles. The largest absolute Gasteiger partial charge is 0.478 e. The predicted octanol–water partition coefficient (Wildman–Crippen LogP) is 2.17. The molecule has 138 valence electrons. The molecule has 0 radical (unpaired) electrons. The Labute approximate surface area is 149 Å².